The van der Waals surface area contributed by atoms with Crippen LogP contribution >= 0.6 is 7.82 Å². The summed E-state index contributed by atoms with van der Waals surface area (Å²) in [5.41, 5.74) is 0. The van der Waals surface area contributed by atoms with E-state index in [1.165, 1.54) is 308 Å². The van der Waals surface area contributed by atoms with Gasteiger partial charge in [-0.2, -0.15) is 0 Å². The first-order valence-electron chi connectivity index (χ1n) is 44.0. The van der Waals surface area contributed by atoms with E-state index in [1.807, 2.05) is 21.1 Å². The molecule has 0 heterocycles. The quantitative estimate of drug-likeness (QED) is 0.0211. The lowest BCUT2D eigenvalue weighted by Crippen LogP contribution is -2.37. The Morgan fingerprint density at radius 1 is 0.304 bits per heavy atom. The first-order valence-corrected chi connectivity index (χ1v) is 45.5. The van der Waals surface area contributed by atoms with Crippen molar-refractivity contribution in [1.82, 2.24) is 0 Å². The number of likely N-dealkylation sites (N-methyl/N-ethyl adjacent to an activating group) is 1. The second kappa shape index (κ2) is 82.0. The Bertz CT molecular complexity index is 2050. The minimum Gasteiger partial charge on any atom is -0.462 e. The van der Waals surface area contributed by atoms with E-state index in [9.17, 15) is 19.0 Å². The largest absolute Gasteiger partial charge is 0.472 e. The molecule has 102 heavy (non-hydrogen) atoms. The number of phosphoric ester groups is 1. The third-order valence-electron chi connectivity index (χ3n) is 19.6. The maximum Gasteiger partial charge on any atom is 0.472 e. The minimum absolute atomic E-state index is 0.0335. The van der Waals surface area contributed by atoms with Gasteiger partial charge in [0, 0.05) is 12.8 Å². The van der Waals surface area contributed by atoms with Crippen LogP contribution in [-0.4, -0.2) is 74.9 Å². The molecule has 10 heteroatoms. The second-order valence-electron chi connectivity index (χ2n) is 30.9. The van der Waals surface area contributed by atoms with Gasteiger partial charge in [-0.05, 0) is 89.9 Å². The fourth-order valence-electron chi connectivity index (χ4n) is 13.0. The van der Waals surface area contributed by atoms with E-state index in [2.05, 4.69) is 111 Å². The van der Waals surface area contributed by atoms with Gasteiger partial charge in [-0.25, -0.2) is 4.57 Å². The molecule has 0 aromatic carbocycles. The third-order valence-corrected chi connectivity index (χ3v) is 20.6. The summed E-state index contributed by atoms with van der Waals surface area (Å²) in [5.74, 6) is -0.773. The summed E-state index contributed by atoms with van der Waals surface area (Å²) in [7, 11) is 1.50. The van der Waals surface area contributed by atoms with Crippen LogP contribution in [0.4, 0.5) is 0 Å². The summed E-state index contributed by atoms with van der Waals surface area (Å²) in [6.45, 7) is 4.28. The van der Waals surface area contributed by atoms with Crippen LogP contribution in [0, 0.1) is 0 Å². The predicted molar refractivity (Wildman–Crippen MR) is 445 cm³/mol. The number of allylic oxidation sites excluding steroid dienone is 16. The van der Waals surface area contributed by atoms with E-state index < -0.39 is 26.5 Å². The molecule has 0 aliphatic heterocycles. The summed E-state index contributed by atoms with van der Waals surface area (Å²) in [6.07, 6.45) is 116. The van der Waals surface area contributed by atoms with E-state index in [1.54, 1.807) is 0 Å². The van der Waals surface area contributed by atoms with Crippen LogP contribution in [-0.2, 0) is 32.7 Å². The summed E-state index contributed by atoms with van der Waals surface area (Å²) in [6, 6.07) is 0. The number of ether oxygens (including phenoxy) is 2. The zero-order valence-electron chi connectivity index (χ0n) is 68.1. The fourth-order valence-corrected chi connectivity index (χ4v) is 13.7. The van der Waals surface area contributed by atoms with Gasteiger partial charge in [-0.3, -0.25) is 18.6 Å². The molecule has 0 aliphatic rings. The van der Waals surface area contributed by atoms with Crippen LogP contribution in [0.25, 0.3) is 0 Å². The number of carbonyl (C=O) groups excluding carboxylic acids is 2. The van der Waals surface area contributed by atoms with Crippen molar-refractivity contribution in [2.75, 3.05) is 47.5 Å². The normalized spacial score (nSPS) is 13.4. The molecule has 0 saturated carbocycles. The van der Waals surface area contributed by atoms with Crippen LogP contribution in [0.2, 0.25) is 0 Å². The van der Waals surface area contributed by atoms with E-state index in [-0.39, 0.29) is 25.6 Å². The SMILES string of the molecule is CC/C=C\C/C=C\C/C=C\C/C=C\CCCCCCCCCCCCCCCCCCCCCCCCCCCCCCC(=O)OC(COC(=O)CCCCCCCCCCCCCCCCCCCCCCCCCC/C=C\C/C=C\C/C=C\C/C=C\CC)COP(=O)(O)OCC[N+](C)(C)C. The maximum atomic E-state index is 12.9. The van der Waals surface area contributed by atoms with Gasteiger partial charge in [-0.1, -0.05) is 419 Å². The average Bonchev–Trinajstić information content (AvgIpc) is 0.916. The van der Waals surface area contributed by atoms with Crippen LogP contribution < -0.4 is 0 Å². The van der Waals surface area contributed by atoms with E-state index in [0.29, 0.717) is 23.9 Å². The van der Waals surface area contributed by atoms with Crippen LogP contribution in [0.3, 0.4) is 0 Å². The molecule has 0 aromatic rings. The van der Waals surface area contributed by atoms with Gasteiger partial charge in [0.2, 0.25) is 0 Å². The van der Waals surface area contributed by atoms with Gasteiger partial charge in [0.15, 0.2) is 6.10 Å². The number of unbranched alkanes of at least 4 members (excludes halogenated alkanes) is 52. The minimum atomic E-state index is -4.40. The lowest BCUT2D eigenvalue weighted by molar-refractivity contribution is -0.870. The van der Waals surface area contributed by atoms with Crippen LogP contribution in [0.1, 0.15) is 425 Å². The first-order chi connectivity index (χ1) is 50.0. The summed E-state index contributed by atoms with van der Waals surface area (Å²) in [4.78, 5) is 36.1. The van der Waals surface area contributed by atoms with Crippen molar-refractivity contribution in [2.24, 2.45) is 0 Å². The lowest BCUT2D eigenvalue weighted by Gasteiger charge is -2.24. The molecule has 0 aromatic heterocycles. The zero-order valence-corrected chi connectivity index (χ0v) is 69.0. The third kappa shape index (κ3) is 85.9. The fraction of sp³-hybridized carbons (Fsp3) is 0.804. The van der Waals surface area contributed by atoms with Gasteiger partial charge >= 0.3 is 19.8 Å². The van der Waals surface area contributed by atoms with Crippen molar-refractivity contribution in [1.29, 1.82) is 0 Å². The molecule has 0 spiro atoms. The monoisotopic (exact) mass is 1450 g/mol. The van der Waals surface area contributed by atoms with Gasteiger partial charge in [0.1, 0.15) is 19.8 Å². The molecule has 0 amide bonds. The average molecular weight is 1450 g/mol. The van der Waals surface area contributed by atoms with E-state index in [0.717, 1.165) is 83.5 Å². The molecule has 9 nitrogen and oxygen atoms in total. The highest BCUT2D eigenvalue weighted by Crippen LogP contribution is 2.43. The Balaban J connectivity index is 3.85. The number of quaternary nitrogens is 1. The molecule has 2 atom stereocenters. The smallest absolute Gasteiger partial charge is 0.462 e. The molecule has 594 valence electrons. The van der Waals surface area contributed by atoms with Gasteiger partial charge < -0.3 is 18.9 Å². The van der Waals surface area contributed by atoms with E-state index in [4.69, 9.17) is 18.5 Å². The van der Waals surface area contributed by atoms with Crippen molar-refractivity contribution in [3.63, 3.8) is 0 Å². The summed E-state index contributed by atoms with van der Waals surface area (Å²) in [5, 5.41) is 0. The number of phosphoric acid groups is 1. The lowest BCUT2D eigenvalue weighted by atomic mass is 10.0. The molecule has 0 fully saturated rings. The molecule has 2 unspecified atom stereocenters. The van der Waals surface area contributed by atoms with E-state index >= 15 is 0 Å². The van der Waals surface area contributed by atoms with Crippen LogP contribution in [0.5, 0.6) is 0 Å². The molecule has 0 saturated heterocycles. The van der Waals surface area contributed by atoms with Gasteiger partial charge in [0.25, 0.3) is 0 Å². The van der Waals surface area contributed by atoms with Gasteiger partial charge in [0.05, 0.1) is 27.7 Å². The van der Waals surface area contributed by atoms with Gasteiger partial charge in [-0.15, -0.1) is 0 Å². The summed E-state index contributed by atoms with van der Waals surface area (Å²) >= 11 is 0. The summed E-state index contributed by atoms with van der Waals surface area (Å²) < 4.78 is 34.9. The topological polar surface area (TPSA) is 108 Å². The number of hydrogen-bond acceptors (Lipinski definition) is 7. The molecule has 1 N–H and O–H groups in total. The number of rotatable bonds is 82. The number of nitrogens with zero attached hydrogens (tertiary/aromatic N) is 1. The Morgan fingerprint density at radius 3 is 0.784 bits per heavy atom. The van der Waals surface area contributed by atoms with Crippen molar-refractivity contribution < 1.29 is 42.1 Å². The first kappa shape index (κ1) is 98.9. The molecule has 0 rings (SSSR count). The Labute approximate surface area is 634 Å². The van der Waals surface area contributed by atoms with Crippen molar-refractivity contribution >= 4 is 19.8 Å². The molecule has 0 bridgehead atoms. The Morgan fingerprint density at radius 2 is 0.529 bits per heavy atom. The zero-order chi connectivity index (χ0) is 74.0. The number of carbonyl (C=O) groups is 2. The van der Waals surface area contributed by atoms with Crippen LogP contribution in [0.15, 0.2) is 97.2 Å². The van der Waals surface area contributed by atoms with Crippen molar-refractivity contribution in [3.05, 3.63) is 97.2 Å². The molecule has 0 radical (unpaired) electrons. The molecule has 0 aliphatic carbocycles. The predicted octanol–water partition coefficient (Wildman–Crippen LogP) is 29.7. The molecular weight excluding hydrogens is 1280 g/mol. The van der Waals surface area contributed by atoms with Crippen molar-refractivity contribution in [3.8, 4) is 0 Å². The number of hydrogen-bond donors (Lipinski definition) is 1. The maximum absolute atomic E-state index is 12.9. The highest BCUT2D eigenvalue weighted by atomic mass is 31.2. The standard InChI is InChI=1S/C92H168NO8P/c1-6-8-10-12-14-16-18-20-22-24-26-28-30-32-34-36-38-40-42-44-45-46-47-49-51-53-55-57-59-61-63-65-67-69-71-73-75-77-79-81-83-85-92(95)101-90(89-100-102(96,97)99-87-86-93(3,4)5)88-98-91(94)84-82-80-78-76-74-72-70-68-66-64-62-60-58-56-54-52-50-48-43-41-39-37-35-33-31-29-27-25-23-21-19-17-15-13-11-9-7-2/h8-11,14-17,20-23,26-29,90H,6-7,12-13,18-19,24-25,30-89H2,1-5H3/p+1/b10-8-,11-9-,16-14-,17-15-,22-20-,23-21-,28-26-,29-27-. The Kier molecular flexibility index (Phi) is 79.5. The highest BCUT2D eigenvalue weighted by molar-refractivity contribution is 7.47. The molecular formula is C92H169NO8P+. The number of esters is 2. The Hall–Kier alpha value is -3.07. The highest BCUT2D eigenvalue weighted by Gasteiger charge is 2.27. The second-order valence-corrected chi connectivity index (χ2v) is 32.3. The van der Waals surface area contributed by atoms with Crippen molar-refractivity contribution in [2.45, 2.75) is 431 Å².